The minimum atomic E-state index is -0.322. The number of benzene rings is 1. The molecule has 0 fully saturated rings. The fourth-order valence-corrected chi connectivity index (χ4v) is 1.66. The zero-order valence-electron chi connectivity index (χ0n) is 10.2. The number of methoxy groups -OCH3 is 3. The molecule has 0 aliphatic carbocycles. The van der Waals surface area contributed by atoms with Crippen molar-refractivity contribution in [2.24, 2.45) is 0 Å². The maximum atomic E-state index is 5.25. The highest BCUT2D eigenvalue weighted by Gasteiger charge is 2.21. The van der Waals surface area contributed by atoms with Crippen molar-refractivity contribution in [3.8, 4) is 5.75 Å². The van der Waals surface area contributed by atoms with Crippen LogP contribution in [0.2, 0.25) is 0 Å². The Kier molecular flexibility index (Phi) is 5.25. The standard InChI is InChI=1S/C12H19NO3/c1-13-11(12(15-3)16-4)9-6-5-7-10(8-9)14-2/h5-8,11-13H,1-4H3. The number of hydrogen-bond acceptors (Lipinski definition) is 4. The number of rotatable bonds is 6. The van der Waals surface area contributed by atoms with Crippen molar-refractivity contribution in [2.45, 2.75) is 12.3 Å². The lowest BCUT2D eigenvalue weighted by Gasteiger charge is -2.24. The minimum Gasteiger partial charge on any atom is -0.497 e. The van der Waals surface area contributed by atoms with Crippen molar-refractivity contribution in [3.63, 3.8) is 0 Å². The van der Waals surface area contributed by atoms with Gasteiger partial charge in [-0.2, -0.15) is 0 Å². The Bertz CT molecular complexity index is 313. The van der Waals surface area contributed by atoms with E-state index in [9.17, 15) is 0 Å². The number of hydrogen-bond donors (Lipinski definition) is 1. The summed E-state index contributed by atoms with van der Waals surface area (Å²) in [5.74, 6) is 0.823. The molecule has 0 radical (unpaired) electrons. The Morgan fingerprint density at radius 2 is 1.81 bits per heavy atom. The molecule has 1 N–H and O–H groups in total. The molecule has 0 aliphatic rings. The third-order valence-corrected chi connectivity index (χ3v) is 2.50. The SMILES string of the molecule is CNC(c1cccc(OC)c1)C(OC)OC. The van der Waals surface area contributed by atoms with Crippen LogP contribution in [-0.2, 0) is 9.47 Å². The van der Waals surface area contributed by atoms with Crippen LogP contribution < -0.4 is 10.1 Å². The lowest BCUT2D eigenvalue weighted by Crippen LogP contribution is -2.32. The van der Waals surface area contributed by atoms with Crippen molar-refractivity contribution >= 4 is 0 Å². The van der Waals surface area contributed by atoms with Crippen molar-refractivity contribution in [2.75, 3.05) is 28.4 Å². The van der Waals surface area contributed by atoms with Gasteiger partial charge in [0.05, 0.1) is 13.2 Å². The molecule has 0 saturated carbocycles. The van der Waals surface area contributed by atoms with Gasteiger partial charge in [0.1, 0.15) is 5.75 Å². The molecule has 0 aliphatic heterocycles. The molecule has 90 valence electrons. The average molecular weight is 225 g/mol. The molecule has 1 unspecified atom stereocenters. The van der Waals surface area contributed by atoms with E-state index in [-0.39, 0.29) is 12.3 Å². The van der Waals surface area contributed by atoms with Gasteiger partial charge in [-0.1, -0.05) is 12.1 Å². The van der Waals surface area contributed by atoms with Crippen molar-refractivity contribution in [1.82, 2.24) is 5.32 Å². The zero-order chi connectivity index (χ0) is 12.0. The van der Waals surface area contributed by atoms with E-state index >= 15 is 0 Å². The quantitative estimate of drug-likeness (QED) is 0.746. The van der Waals surface area contributed by atoms with Crippen molar-refractivity contribution in [3.05, 3.63) is 29.8 Å². The number of likely N-dealkylation sites (N-methyl/N-ethyl adjacent to an activating group) is 1. The maximum absolute atomic E-state index is 5.25. The second-order valence-electron chi connectivity index (χ2n) is 3.38. The highest BCUT2D eigenvalue weighted by atomic mass is 16.7. The summed E-state index contributed by atoms with van der Waals surface area (Å²) in [7, 11) is 6.77. The van der Waals surface area contributed by atoms with Gasteiger partial charge in [-0.05, 0) is 24.7 Å². The van der Waals surface area contributed by atoms with E-state index in [1.807, 2.05) is 31.3 Å². The molecule has 4 heteroatoms. The highest BCUT2D eigenvalue weighted by molar-refractivity contribution is 5.30. The molecule has 4 nitrogen and oxygen atoms in total. The van der Waals surface area contributed by atoms with Crippen LogP contribution in [0.25, 0.3) is 0 Å². The van der Waals surface area contributed by atoms with Gasteiger partial charge in [-0.25, -0.2) is 0 Å². The molecular weight excluding hydrogens is 206 g/mol. The molecule has 0 spiro atoms. The van der Waals surface area contributed by atoms with Gasteiger partial charge in [0.2, 0.25) is 0 Å². The number of nitrogens with one attached hydrogen (secondary N) is 1. The molecule has 1 atom stereocenters. The van der Waals surface area contributed by atoms with Gasteiger partial charge in [0, 0.05) is 14.2 Å². The summed E-state index contributed by atoms with van der Waals surface area (Å²) < 4.78 is 15.7. The second kappa shape index (κ2) is 6.48. The van der Waals surface area contributed by atoms with Gasteiger partial charge < -0.3 is 19.5 Å². The van der Waals surface area contributed by atoms with Gasteiger partial charge in [-0.15, -0.1) is 0 Å². The third kappa shape index (κ3) is 2.95. The summed E-state index contributed by atoms with van der Waals surface area (Å²) in [6.07, 6.45) is -0.322. The summed E-state index contributed by atoms with van der Waals surface area (Å²) in [5.41, 5.74) is 1.07. The minimum absolute atomic E-state index is 0.0231. The topological polar surface area (TPSA) is 39.7 Å². The second-order valence-corrected chi connectivity index (χ2v) is 3.38. The molecule has 0 bridgehead atoms. The summed E-state index contributed by atoms with van der Waals surface area (Å²) in [6.45, 7) is 0. The van der Waals surface area contributed by atoms with Gasteiger partial charge in [-0.3, -0.25) is 0 Å². The van der Waals surface area contributed by atoms with E-state index in [4.69, 9.17) is 14.2 Å². The summed E-state index contributed by atoms with van der Waals surface area (Å²) in [4.78, 5) is 0. The molecule has 0 amide bonds. The predicted molar refractivity (Wildman–Crippen MR) is 62.6 cm³/mol. The fourth-order valence-electron chi connectivity index (χ4n) is 1.66. The first-order valence-corrected chi connectivity index (χ1v) is 5.13. The Balaban J connectivity index is 2.93. The number of ether oxygens (including phenoxy) is 3. The van der Waals surface area contributed by atoms with Gasteiger partial charge in [0.25, 0.3) is 0 Å². The highest BCUT2D eigenvalue weighted by Crippen LogP contribution is 2.23. The fraction of sp³-hybridized carbons (Fsp3) is 0.500. The molecule has 0 aromatic heterocycles. The van der Waals surface area contributed by atoms with Crippen molar-refractivity contribution < 1.29 is 14.2 Å². The monoisotopic (exact) mass is 225 g/mol. The predicted octanol–water partition coefficient (Wildman–Crippen LogP) is 1.57. The van der Waals surface area contributed by atoms with E-state index in [1.54, 1.807) is 21.3 Å². The van der Waals surface area contributed by atoms with Gasteiger partial charge >= 0.3 is 0 Å². The van der Waals surface area contributed by atoms with E-state index in [1.165, 1.54) is 0 Å². The van der Waals surface area contributed by atoms with E-state index in [2.05, 4.69) is 5.32 Å². The molecule has 0 heterocycles. The Morgan fingerprint density at radius 1 is 1.12 bits per heavy atom. The van der Waals surface area contributed by atoms with Crippen LogP contribution in [0.4, 0.5) is 0 Å². The van der Waals surface area contributed by atoms with Crippen LogP contribution >= 0.6 is 0 Å². The molecule has 16 heavy (non-hydrogen) atoms. The zero-order valence-corrected chi connectivity index (χ0v) is 10.2. The van der Waals surface area contributed by atoms with Crippen LogP contribution in [0.3, 0.4) is 0 Å². The summed E-state index contributed by atoms with van der Waals surface area (Å²) >= 11 is 0. The first kappa shape index (κ1) is 13.0. The summed E-state index contributed by atoms with van der Waals surface area (Å²) in [6, 6.07) is 7.80. The van der Waals surface area contributed by atoms with Crippen LogP contribution in [-0.4, -0.2) is 34.7 Å². The molecule has 1 aromatic carbocycles. The molecule has 0 saturated heterocycles. The van der Waals surface area contributed by atoms with Crippen LogP contribution in [0.15, 0.2) is 24.3 Å². The largest absolute Gasteiger partial charge is 0.497 e. The molecule has 1 aromatic rings. The normalized spacial score (nSPS) is 12.8. The van der Waals surface area contributed by atoms with Crippen LogP contribution in [0, 0.1) is 0 Å². The smallest absolute Gasteiger partial charge is 0.176 e. The first-order chi connectivity index (χ1) is 7.76. The van der Waals surface area contributed by atoms with Crippen molar-refractivity contribution in [1.29, 1.82) is 0 Å². The lowest BCUT2D eigenvalue weighted by atomic mass is 10.1. The molecular formula is C12H19NO3. The van der Waals surface area contributed by atoms with Gasteiger partial charge in [0.15, 0.2) is 6.29 Å². The third-order valence-electron chi connectivity index (χ3n) is 2.50. The van der Waals surface area contributed by atoms with Crippen LogP contribution in [0.1, 0.15) is 11.6 Å². The van der Waals surface area contributed by atoms with E-state index in [0.29, 0.717) is 0 Å². The summed E-state index contributed by atoms with van der Waals surface area (Å²) in [5, 5.41) is 3.17. The average Bonchev–Trinajstić information content (AvgIpc) is 2.35. The molecule has 1 rings (SSSR count). The van der Waals surface area contributed by atoms with Crippen LogP contribution in [0.5, 0.6) is 5.75 Å². The van der Waals surface area contributed by atoms with E-state index < -0.39 is 0 Å². The Labute approximate surface area is 96.5 Å². The first-order valence-electron chi connectivity index (χ1n) is 5.13. The lowest BCUT2D eigenvalue weighted by molar-refractivity contribution is -0.123. The van der Waals surface area contributed by atoms with E-state index in [0.717, 1.165) is 11.3 Å². The Morgan fingerprint density at radius 3 is 2.31 bits per heavy atom. The maximum Gasteiger partial charge on any atom is 0.176 e. The Hall–Kier alpha value is -1.10.